The SMILES string of the molecule is N=C(N)C1CCCN(Cc2ccccc2F)C1. The molecule has 0 saturated carbocycles. The summed E-state index contributed by atoms with van der Waals surface area (Å²) in [5.41, 5.74) is 6.25. The van der Waals surface area contributed by atoms with Gasteiger partial charge in [0.05, 0.1) is 5.84 Å². The first-order chi connectivity index (χ1) is 8.16. The van der Waals surface area contributed by atoms with Crippen molar-refractivity contribution in [3.63, 3.8) is 0 Å². The molecule has 2 rings (SSSR count). The van der Waals surface area contributed by atoms with Crippen molar-refractivity contribution in [1.29, 1.82) is 5.41 Å². The Hall–Kier alpha value is -1.42. The number of nitrogens with one attached hydrogen (secondary N) is 1. The fraction of sp³-hybridized carbons (Fsp3) is 0.462. The summed E-state index contributed by atoms with van der Waals surface area (Å²) in [6, 6.07) is 6.85. The summed E-state index contributed by atoms with van der Waals surface area (Å²) >= 11 is 0. The van der Waals surface area contributed by atoms with Crippen molar-refractivity contribution in [2.24, 2.45) is 11.7 Å². The number of hydrogen-bond donors (Lipinski definition) is 2. The van der Waals surface area contributed by atoms with Gasteiger partial charge in [-0.15, -0.1) is 0 Å². The minimum atomic E-state index is -0.155. The molecule has 92 valence electrons. The number of nitrogens with two attached hydrogens (primary N) is 1. The number of hydrogen-bond acceptors (Lipinski definition) is 2. The predicted octanol–water partition coefficient (Wildman–Crippen LogP) is 1.97. The zero-order chi connectivity index (χ0) is 12.3. The molecule has 0 amide bonds. The Morgan fingerprint density at radius 3 is 2.94 bits per heavy atom. The molecule has 1 unspecified atom stereocenters. The van der Waals surface area contributed by atoms with E-state index in [-0.39, 0.29) is 17.6 Å². The van der Waals surface area contributed by atoms with E-state index in [2.05, 4.69) is 4.90 Å². The van der Waals surface area contributed by atoms with Gasteiger partial charge in [-0.25, -0.2) is 4.39 Å². The predicted molar refractivity (Wildman–Crippen MR) is 66.3 cm³/mol. The standard InChI is InChI=1S/C13H18FN3/c14-12-6-2-1-4-10(12)8-17-7-3-5-11(9-17)13(15)16/h1-2,4,6,11H,3,5,7-9H2,(H3,15,16). The summed E-state index contributed by atoms with van der Waals surface area (Å²) < 4.78 is 13.5. The van der Waals surface area contributed by atoms with Gasteiger partial charge < -0.3 is 5.73 Å². The third-order valence-corrected chi connectivity index (χ3v) is 3.30. The minimum absolute atomic E-state index is 0.135. The molecule has 1 aliphatic rings. The number of amidine groups is 1. The fourth-order valence-corrected chi connectivity index (χ4v) is 2.32. The van der Waals surface area contributed by atoms with E-state index in [9.17, 15) is 4.39 Å². The zero-order valence-electron chi connectivity index (χ0n) is 9.82. The van der Waals surface area contributed by atoms with Crippen LogP contribution in [0.25, 0.3) is 0 Å². The van der Waals surface area contributed by atoms with E-state index in [1.54, 1.807) is 6.07 Å². The Bertz CT molecular complexity index is 405. The minimum Gasteiger partial charge on any atom is -0.387 e. The maximum atomic E-state index is 13.5. The maximum Gasteiger partial charge on any atom is 0.127 e. The Morgan fingerprint density at radius 2 is 2.24 bits per heavy atom. The maximum absolute atomic E-state index is 13.5. The van der Waals surface area contributed by atoms with E-state index in [0.717, 1.165) is 31.5 Å². The van der Waals surface area contributed by atoms with Crippen LogP contribution in [0.5, 0.6) is 0 Å². The Labute approximate surface area is 101 Å². The first-order valence-corrected chi connectivity index (χ1v) is 5.96. The van der Waals surface area contributed by atoms with Crippen LogP contribution in [0.3, 0.4) is 0 Å². The highest BCUT2D eigenvalue weighted by molar-refractivity contribution is 5.79. The van der Waals surface area contributed by atoms with Crippen LogP contribution in [0.4, 0.5) is 4.39 Å². The molecule has 1 fully saturated rings. The van der Waals surface area contributed by atoms with Crippen LogP contribution in [0.1, 0.15) is 18.4 Å². The molecule has 0 radical (unpaired) electrons. The van der Waals surface area contributed by atoms with E-state index in [1.165, 1.54) is 6.07 Å². The second kappa shape index (κ2) is 5.27. The molecule has 1 aromatic carbocycles. The molecule has 3 N–H and O–H groups in total. The first kappa shape index (κ1) is 12.0. The van der Waals surface area contributed by atoms with Crippen molar-refractivity contribution < 1.29 is 4.39 Å². The molecule has 1 heterocycles. The number of nitrogens with zero attached hydrogens (tertiary/aromatic N) is 1. The first-order valence-electron chi connectivity index (χ1n) is 5.96. The van der Waals surface area contributed by atoms with Crippen LogP contribution in [0.15, 0.2) is 24.3 Å². The van der Waals surface area contributed by atoms with Gasteiger partial charge in [-0.1, -0.05) is 18.2 Å². The molecule has 0 aliphatic carbocycles. The van der Waals surface area contributed by atoms with Gasteiger partial charge in [0.25, 0.3) is 0 Å². The molecule has 17 heavy (non-hydrogen) atoms. The van der Waals surface area contributed by atoms with Gasteiger partial charge in [0.15, 0.2) is 0 Å². The summed E-state index contributed by atoms with van der Waals surface area (Å²) in [5.74, 6) is 0.233. The van der Waals surface area contributed by atoms with Gasteiger partial charge >= 0.3 is 0 Å². The lowest BCUT2D eigenvalue weighted by molar-refractivity contribution is 0.193. The summed E-state index contributed by atoms with van der Waals surface area (Å²) in [6.45, 7) is 2.33. The molecule has 0 bridgehead atoms. The second-order valence-corrected chi connectivity index (χ2v) is 4.62. The lowest BCUT2D eigenvalue weighted by Crippen LogP contribution is -2.40. The third-order valence-electron chi connectivity index (χ3n) is 3.30. The number of rotatable bonds is 3. The zero-order valence-corrected chi connectivity index (χ0v) is 9.82. The average Bonchev–Trinajstić information content (AvgIpc) is 2.32. The molecule has 1 atom stereocenters. The molecule has 3 nitrogen and oxygen atoms in total. The number of benzene rings is 1. The van der Waals surface area contributed by atoms with Gasteiger partial charge in [-0.3, -0.25) is 10.3 Å². The molecule has 1 aliphatic heterocycles. The number of halogens is 1. The van der Waals surface area contributed by atoms with Crippen LogP contribution in [0, 0.1) is 17.1 Å². The van der Waals surface area contributed by atoms with Gasteiger partial charge in [-0.05, 0) is 25.5 Å². The Kier molecular flexibility index (Phi) is 3.74. The van der Waals surface area contributed by atoms with Crippen LogP contribution in [0.2, 0.25) is 0 Å². The molecular weight excluding hydrogens is 217 g/mol. The van der Waals surface area contributed by atoms with Crippen LogP contribution in [-0.4, -0.2) is 23.8 Å². The second-order valence-electron chi connectivity index (χ2n) is 4.62. The van der Waals surface area contributed by atoms with Gasteiger partial charge in [-0.2, -0.15) is 0 Å². The molecular formula is C13H18FN3. The molecule has 0 aromatic heterocycles. The largest absolute Gasteiger partial charge is 0.387 e. The lowest BCUT2D eigenvalue weighted by atomic mass is 9.96. The van der Waals surface area contributed by atoms with Crippen LogP contribution >= 0.6 is 0 Å². The van der Waals surface area contributed by atoms with Crippen molar-refractivity contribution in [1.82, 2.24) is 4.90 Å². The summed E-state index contributed by atoms with van der Waals surface area (Å²) in [5, 5.41) is 7.48. The highest BCUT2D eigenvalue weighted by Gasteiger charge is 2.22. The Balaban J connectivity index is 1.99. The van der Waals surface area contributed by atoms with Gasteiger partial charge in [0.2, 0.25) is 0 Å². The normalized spacial score (nSPS) is 21.4. The van der Waals surface area contributed by atoms with Crippen molar-refractivity contribution in [2.45, 2.75) is 19.4 Å². The van der Waals surface area contributed by atoms with Gasteiger partial charge in [0.1, 0.15) is 5.82 Å². The van der Waals surface area contributed by atoms with Crippen LogP contribution in [-0.2, 0) is 6.54 Å². The van der Waals surface area contributed by atoms with Crippen molar-refractivity contribution in [2.75, 3.05) is 13.1 Å². The average molecular weight is 235 g/mol. The molecule has 1 saturated heterocycles. The third kappa shape index (κ3) is 3.03. The van der Waals surface area contributed by atoms with E-state index in [0.29, 0.717) is 6.54 Å². The van der Waals surface area contributed by atoms with Gasteiger partial charge in [0, 0.05) is 24.6 Å². The van der Waals surface area contributed by atoms with Crippen LogP contribution < -0.4 is 5.73 Å². The monoisotopic (exact) mass is 235 g/mol. The smallest absolute Gasteiger partial charge is 0.127 e. The van der Waals surface area contributed by atoms with E-state index in [4.69, 9.17) is 11.1 Å². The molecule has 4 heteroatoms. The number of likely N-dealkylation sites (tertiary alicyclic amines) is 1. The summed E-state index contributed by atoms with van der Waals surface area (Å²) in [6.07, 6.45) is 2.00. The lowest BCUT2D eigenvalue weighted by Gasteiger charge is -2.32. The quantitative estimate of drug-likeness (QED) is 0.621. The van der Waals surface area contributed by atoms with Crippen molar-refractivity contribution in [3.05, 3.63) is 35.6 Å². The van der Waals surface area contributed by atoms with E-state index in [1.807, 2.05) is 12.1 Å². The highest BCUT2D eigenvalue weighted by atomic mass is 19.1. The Morgan fingerprint density at radius 1 is 1.47 bits per heavy atom. The fourth-order valence-electron chi connectivity index (χ4n) is 2.32. The van der Waals surface area contributed by atoms with Crippen molar-refractivity contribution >= 4 is 5.84 Å². The number of piperidine rings is 1. The molecule has 1 aromatic rings. The summed E-state index contributed by atoms with van der Waals surface area (Å²) in [7, 11) is 0. The highest BCUT2D eigenvalue weighted by Crippen LogP contribution is 2.19. The van der Waals surface area contributed by atoms with Crippen molar-refractivity contribution in [3.8, 4) is 0 Å². The summed E-state index contributed by atoms with van der Waals surface area (Å²) in [4.78, 5) is 2.17. The van der Waals surface area contributed by atoms with E-state index >= 15 is 0 Å². The molecule has 0 spiro atoms. The topological polar surface area (TPSA) is 53.1 Å². The van der Waals surface area contributed by atoms with E-state index < -0.39 is 0 Å².